The fourth-order valence-corrected chi connectivity index (χ4v) is 3.89. The molecule has 10 heteroatoms. The van der Waals surface area contributed by atoms with Crippen molar-refractivity contribution in [1.29, 1.82) is 0 Å². The van der Waals surface area contributed by atoms with Crippen LogP contribution in [0.3, 0.4) is 0 Å². The van der Waals surface area contributed by atoms with Gasteiger partial charge in [-0.2, -0.15) is 4.39 Å². The second-order valence-electron chi connectivity index (χ2n) is 7.52. The summed E-state index contributed by atoms with van der Waals surface area (Å²) in [7, 11) is 0. The highest BCUT2D eigenvalue weighted by Crippen LogP contribution is 2.53. The van der Waals surface area contributed by atoms with Gasteiger partial charge in [-0.1, -0.05) is 0 Å². The van der Waals surface area contributed by atoms with E-state index in [0.29, 0.717) is 17.5 Å². The molecule has 0 bridgehead atoms. The number of hydrogen-bond donors (Lipinski definition) is 1. The summed E-state index contributed by atoms with van der Waals surface area (Å²) >= 11 is 0. The Kier molecular flexibility index (Phi) is 4.95. The van der Waals surface area contributed by atoms with Gasteiger partial charge in [-0.3, -0.25) is 9.78 Å². The summed E-state index contributed by atoms with van der Waals surface area (Å²) in [6.07, 6.45) is -0.639. The van der Waals surface area contributed by atoms with Crippen molar-refractivity contribution in [1.82, 2.24) is 9.97 Å². The highest BCUT2D eigenvalue weighted by molar-refractivity contribution is 5.97. The Bertz CT molecular complexity index is 1050. The van der Waals surface area contributed by atoms with Gasteiger partial charge in [0.2, 0.25) is 5.95 Å². The van der Waals surface area contributed by atoms with E-state index in [9.17, 15) is 22.4 Å². The van der Waals surface area contributed by atoms with Crippen LogP contribution in [0.5, 0.6) is 0 Å². The van der Waals surface area contributed by atoms with Crippen LogP contribution in [0.1, 0.15) is 45.6 Å². The number of halogens is 4. The number of nitrogens with two attached hydrogens (primary N) is 1. The van der Waals surface area contributed by atoms with Gasteiger partial charge in [0.25, 0.3) is 12.4 Å². The van der Waals surface area contributed by atoms with Gasteiger partial charge < -0.3 is 10.5 Å². The smallest absolute Gasteiger partial charge is 0.283 e. The van der Waals surface area contributed by atoms with Crippen molar-refractivity contribution in [2.75, 3.05) is 6.67 Å². The van der Waals surface area contributed by atoms with Crippen molar-refractivity contribution >= 4 is 11.8 Å². The largest absolute Gasteiger partial charge is 0.462 e. The normalized spacial score (nSPS) is 24.8. The SMILES string of the molecule is Cc1cc(C(F)F)cnc1C(=O)Cc1cnc(F)c([C@@]2(CF)N=C(N)O[C@@H]3C[C@@H]32)c1. The van der Waals surface area contributed by atoms with Gasteiger partial charge in [0.15, 0.2) is 5.78 Å². The maximum atomic E-state index is 14.6. The first-order chi connectivity index (χ1) is 14.2. The number of amidine groups is 1. The van der Waals surface area contributed by atoms with E-state index in [1.54, 1.807) is 0 Å². The van der Waals surface area contributed by atoms with Gasteiger partial charge in [-0.05, 0) is 36.6 Å². The number of hydrogen-bond acceptors (Lipinski definition) is 6. The number of rotatable bonds is 6. The van der Waals surface area contributed by atoms with Crippen LogP contribution in [0.2, 0.25) is 0 Å². The molecule has 0 aromatic carbocycles. The van der Waals surface area contributed by atoms with Crippen molar-refractivity contribution in [2.24, 2.45) is 16.6 Å². The van der Waals surface area contributed by atoms with Crippen molar-refractivity contribution in [3.8, 4) is 0 Å². The summed E-state index contributed by atoms with van der Waals surface area (Å²) in [5.41, 5.74) is 4.37. The summed E-state index contributed by atoms with van der Waals surface area (Å²) in [5, 5.41) is 0. The van der Waals surface area contributed by atoms with Crippen molar-refractivity contribution in [2.45, 2.75) is 37.8 Å². The van der Waals surface area contributed by atoms with Gasteiger partial charge in [-0.25, -0.2) is 23.1 Å². The van der Waals surface area contributed by atoms with E-state index in [4.69, 9.17) is 10.5 Å². The molecule has 0 amide bonds. The van der Waals surface area contributed by atoms with Crippen LogP contribution in [0, 0.1) is 18.8 Å². The van der Waals surface area contributed by atoms with E-state index < -0.39 is 30.4 Å². The minimum absolute atomic E-state index is 0.0288. The molecule has 158 valence electrons. The molecule has 3 atom stereocenters. The number of pyridine rings is 2. The Balaban J connectivity index is 1.64. The maximum absolute atomic E-state index is 14.6. The Hall–Kier alpha value is -3.04. The van der Waals surface area contributed by atoms with Crippen LogP contribution in [-0.4, -0.2) is 34.6 Å². The Morgan fingerprint density at radius 3 is 2.77 bits per heavy atom. The first-order valence-corrected chi connectivity index (χ1v) is 9.26. The number of Topliss-reactive ketones (excluding diaryl/α,β-unsaturated/α-hetero) is 1. The molecule has 1 aliphatic carbocycles. The monoisotopic (exact) mass is 422 g/mol. The van der Waals surface area contributed by atoms with E-state index in [-0.39, 0.29) is 41.3 Å². The number of ketones is 1. The second-order valence-corrected chi connectivity index (χ2v) is 7.52. The number of ether oxygens (including phenoxy) is 1. The molecule has 3 heterocycles. The zero-order valence-corrected chi connectivity index (χ0v) is 15.9. The lowest BCUT2D eigenvalue weighted by atomic mass is 9.85. The molecule has 2 aromatic rings. The number of fused-ring (bicyclic) bond motifs is 1. The minimum Gasteiger partial charge on any atom is -0.462 e. The number of aliphatic imine (C=N–C) groups is 1. The van der Waals surface area contributed by atoms with Crippen LogP contribution in [0.15, 0.2) is 29.5 Å². The van der Waals surface area contributed by atoms with Crippen LogP contribution < -0.4 is 5.73 Å². The van der Waals surface area contributed by atoms with Crippen molar-refractivity contribution in [3.63, 3.8) is 0 Å². The first kappa shape index (κ1) is 20.2. The highest BCUT2D eigenvalue weighted by atomic mass is 19.3. The quantitative estimate of drug-likeness (QED) is 0.439. The Morgan fingerprint density at radius 1 is 1.33 bits per heavy atom. The summed E-state index contributed by atoms with van der Waals surface area (Å²) in [5.74, 6) is -1.73. The second kappa shape index (κ2) is 7.33. The molecule has 2 aliphatic rings. The van der Waals surface area contributed by atoms with Crippen molar-refractivity contribution < 1.29 is 27.1 Å². The minimum atomic E-state index is -2.69. The summed E-state index contributed by atoms with van der Waals surface area (Å²) in [6, 6.07) is 2.33. The number of aryl methyl sites for hydroxylation is 1. The van der Waals surface area contributed by atoms with Crippen LogP contribution >= 0.6 is 0 Å². The molecule has 0 unspecified atom stereocenters. The van der Waals surface area contributed by atoms with Gasteiger partial charge in [0, 0.05) is 35.9 Å². The van der Waals surface area contributed by atoms with E-state index in [1.807, 2.05) is 0 Å². The predicted octanol–water partition coefficient (Wildman–Crippen LogP) is 3.19. The topological polar surface area (TPSA) is 90.5 Å². The third-order valence-corrected chi connectivity index (χ3v) is 5.47. The highest BCUT2D eigenvalue weighted by Gasteiger charge is 2.60. The lowest BCUT2D eigenvalue weighted by molar-refractivity contribution is 0.0986. The fourth-order valence-electron chi connectivity index (χ4n) is 3.89. The van der Waals surface area contributed by atoms with E-state index >= 15 is 0 Å². The Labute approximate surface area is 169 Å². The molecule has 0 radical (unpaired) electrons. The zero-order chi connectivity index (χ0) is 21.6. The van der Waals surface area contributed by atoms with E-state index in [1.165, 1.54) is 25.3 Å². The third kappa shape index (κ3) is 3.40. The molecule has 4 rings (SSSR count). The van der Waals surface area contributed by atoms with E-state index in [2.05, 4.69) is 15.0 Å². The molecule has 30 heavy (non-hydrogen) atoms. The molecule has 1 aliphatic heterocycles. The maximum Gasteiger partial charge on any atom is 0.283 e. The Morgan fingerprint density at radius 2 is 2.10 bits per heavy atom. The van der Waals surface area contributed by atoms with Crippen LogP contribution in [0.4, 0.5) is 17.6 Å². The average molecular weight is 422 g/mol. The fraction of sp³-hybridized carbons (Fsp3) is 0.400. The predicted molar refractivity (Wildman–Crippen MR) is 98.4 cm³/mol. The lowest BCUT2D eigenvalue weighted by Gasteiger charge is -2.31. The van der Waals surface area contributed by atoms with Crippen molar-refractivity contribution in [3.05, 3.63) is 58.4 Å². The molecule has 2 aromatic heterocycles. The molecule has 6 nitrogen and oxygen atoms in total. The number of carbonyl (C=O) groups excluding carboxylic acids is 1. The molecule has 1 saturated carbocycles. The molecule has 0 spiro atoms. The van der Waals surface area contributed by atoms with Gasteiger partial charge in [-0.15, -0.1) is 0 Å². The molecule has 2 N–H and O–H groups in total. The molecule has 1 fully saturated rings. The molecular formula is C20H18F4N4O2. The van der Waals surface area contributed by atoms with Gasteiger partial charge in [0.05, 0.1) is 0 Å². The first-order valence-electron chi connectivity index (χ1n) is 9.26. The summed E-state index contributed by atoms with van der Waals surface area (Å²) in [4.78, 5) is 24.2. The number of alkyl halides is 3. The third-order valence-electron chi connectivity index (χ3n) is 5.47. The summed E-state index contributed by atoms with van der Waals surface area (Å²) < 4.78 is 59.5. The molecule has 0 saturated heterocycles. The standard InChI is InChI=1S/C20H18F4N4O2/c1-9-2-11(17(22)23)7-26-16(9)14(29)4-10-3-13(18(24)27-6-10)20(8-21)12-5-15(12)30-19(25)28-20/h2-3,6-7,12,15,17H,4-5,8H2,1H3,(H2,25,28)/t12-,15+,20-/m0/s1. The van der Waals surface area contributed by atoms with Crippen LogP contribution in [0.25, 0.3) is 0 Å². The zero-order valence-electron chi connectivity index (χ0n) is 15.9. The lowest BCUT2D eigenvalue weighted by Crippen LogP contribution is -2.40. The van der Waals surface area contributed by atoms with Gasteiger partial charge in [0.1, 0.15) is 24.0 Å². The summed E-state index contributed by atoms with van der Waals surface area (Å²) in [6.45, 7) is 0.509. The van der Waals surface area contributed by atoms with Crippen LogP contribution in [-0.2, 0) is 16.7 Å². The van der Waals surface area contributed by atoms with E-state index in [0.717, 1.165) is 6.20 Å². The number of nitrogens with zero attached hydrogens (tertiary/aromatic N) is 3. The average Bonchev–Trinajstić information content (AvgIpc) is 3.48. The molecular weight excluding hydrogens is 404 g/mol. The number of aromatic nitrogens is 2. The van der Waals surface area contributed by atoms with Gasteiger partial charge >= 0.3 is 0 Å². The number of carbonyl (C=O) groups is 1.